The molecule has 0 unspecified atom stereocenters. The summed E-state index contributed by atoms with van der Waals surface area (Å²) in [5, 5.41) is 10.2. The third-order valence-corrected chi connectivity index (χ3v) is 11.1. The zero-order valence-corrected chi connectivity index (χ0v) is 27.5. The molecule has 0 saturated carbocycles. The van der Waals surface area contributed by atoms with Crippen LogP contribution < -0.4 is 43.7 Å². The lowest BCUT2D eigenvalue weighted by molar-refractivity contribution is 0.669. The Bertz CT molecular complexity index is 2490. The fraction of sp³-hybridized carbons (Fsp3) is 0. The summed E-state index contributed by atoms with van der Waals surface area (Å²) in [4.78, 5) is 0. The van der Waals surface area contributed by atoms with E-state index >= 15 is 0 Å². The average molecular weight is 565 g/mol. The van der Waals surface area contributed by atoms with Crippen LogP contribution >= 0.6 is 0 Å². The van der Waals surface area contributed by atoms with Gasteiger partial charge in [0.05, 0.1) is 0 Å². The standard InChI is InChI=1S/C36H30B8O/c37-29-25-23(15-6-2-1-3-7-15)26-28(32(40)36(44)34(42)30(26)38)24(27(25)31(39)35(43)33(29)41)18-10-11-21-19(13-18)20-12-16-8-4-5-9-17(16)14-22(20)45-21/h1-14H,37-44H2. The molecule has 0 atom stereocenters. The quantitative estimate of drug-likeness (QED) is 0.157. The molecule has 45 heavy (non-hydrogen) atoms. The summed E-state index contributed by atoms with van der Waals surface area (Å²) < 4.78 is 6.46. The van der Waals surface area contributed by atoms with Gasteiger partial charge in [0.15, 0.2) is 0 Å². The highest BCUT2D eigenvalue weighted by atomic mass is 16.3. The second-order valence-electron chi connectivity index (χ2n) is 13.1. The third-order valence-electron chi connectivity index (χ3n) is 11.1. The minimum atomic E-state index is 0.929. The summed E-state index contributed by atoms with van der Waals surface area (Å²) in [6, 6.07) is 30.9. The molecule has 204 valence electrons. The van der Waals surface area contributed by atoms with Gasteiger partial charge in [0.25, 0.3) is 0 Å². The SMILES string of the molecule is Bc1c(B)c(B)c2c(-c3ccc4oc5cc6ccccc6cc5c4c3)c3c(B)c(B)c(B)c(B)c3c(-c3ccccc3)c2c1B. The molecule has 0 spiro atoms. The molecular formula is C36H30B8O. The van der Waals surface area contributed by atoms with E-state index in [1.807, 2.05) is 0 Å². The van der Waals surface area contributed by atoms with Gasteiger partial charge < -0.3 is 4.42 Å². The predicted octanol–water partition coefficient (Wildman–Crippen LogP) is -3.55. The first-order valence-electron chi connectivity index (χ1n) is 16.0. The number of furan rings is 1. The monoisotopic (exact) mass is 566 g/mol. The van der Waals surface area contributed by atoms with Crippen molar-refractivity contribution in [3.63, 3.8) is 0 Å². The molecule has 0 fully saturated rings. The van der Waals surface area contributed by atoms with Crippen molar-refractivity contribution in [2.75, 3.05) is 0 Å². The Hall–Kier alpha value is -4.36. The van der Waals surface area contributed by atoms with Gasteiger partial charge in [0.2, 0.25) is 0 Å². The molecule has 1 nitrogen and oxygen atoms in total. The van der Waals surface area contributed by atoms with Crippen LogP contribution in [-0.4, -0.2) is 62.8 Å². The Balaban J connectivity index is 1.63. The lowest BCUT2D eigenvalue weighted by atomic mass is 9.59. The number of hydrogen-bond acceptors (Lipinski definition) is 1. The molecular weight excluding hydrogens is 535 g/mol. The number of fused-ring (bicyclic) bond motifs is 6. The molecule has 0 aliphatic rings. The smallest absolute Gasteiger partial charge is 0.139 e. The van der Waals surface area contributed by atoms with E-state index in [2.05, 4.69) is 148 Å². The molecule has 9 heteroatoms. The Kier molecular flexibility index (Phi) is 6.30. The fourth-order valence-electron chi connectivity index (χ4n) is 7.92. The van der Waals surface area contributed by atoms with Gasteiger partial charge in [-0.3, -0.25) is 0 Å². The van der Waals surface area contributed by atoms with E-state index < -0.39 is 0 Å². The van der Waals surface area contributed by atoms with Crippen molar-refractivity contribution >= 4 is 161 Å². The van der Waals surface area contributed by atoms with Gasteiger partial charge in [-0.25, -0.2) is 0 Å². The maximum atomic E-state index is 6.46. The number of rotatable bonds is 2. The summed E-state index contributed by atoms with van der Waals surface area (Å²) >= 11 is 0. The van der Waals surface area contributed by atoms with Gasteiger partial charge >= 0.3 is 0 Å². The number of benzene rings is 7. The Morgan fingerprint density at radius 2 is 0.800 bits per heavy atom. The van der Waals surface area contributed by atoms with Crippen molar-refractivity contribution in [3.05, 3.63) is 84.9 Å². The van der Waals surface area contributed by atoms with Gasteiger partial charge in [0.1, 0.15) is 73.9 Å². The molecule has 0 amide bonds. The first-order valence-corrected chi connectivity index (χ1v) is 16.0. The van der Waals surface area contributed by atoms with Crippen LogP contribution in [0.3, 0.4) is 0 Å². The second kappa shape index (κ2) is 10.1. The highest BCUT2D eigenvalue weighted by Crippen LogP contribution is 2.42. The van der Waals surface area contributed by atoms with Crippen LogP contribution in [0.15, 0.2) is 89.3 Å². The van der Waals surface area contributed by atoms with E-state index in [0.29, 0.717) is 0 Å². The van der Waals surface area contributed by atoms with Crippen molar-refractivity contribution in [1.29, 1.82) is 0 Å². The summed E-state index contributed by atoms with van der Waals surface area (Å²) in [6.45, 7) is 0. The van der Waals surface area contributed by atoms with E-state index in [4.69, 9.17) is 4.42 Å². The number of hydrogen-bond donors (Lipinski definition) is 0. The summed E-state index contributed by atoms with van der Waals surface area (Å²) in [5.41, 5.74) is 18.0. The summed E-state index contributed by atoms with van der Waals surface area (Å²) in [5.74, 6) is 0. The van der Waals surface area contributed by atoms with Crippen molar-refractivity contribution in [1.82, 2.24) is 0 Å². The maximum absolute atomic E-state index is 6.46. The Morgan fingerprint density at radius 1 is 0.356 bits per heavy atom. The van der Waals surface area contributed by atoms with Crippen LogP contribution in [0.4, 0.5) is 0 Å². The zero-order chi connectivity index (χ0) is 31.3. The minimum absolute atomic E-state index is 0.929. The van der Waals surface area contributed by atoms with E-state index in [9.17, 15) is 0 Å². The zero-order valence-electron chi connectivity index (χ0n) is 27.5. The Labute approximate surface area is 271 Å². The molecule has 1 heterocycles. The summed E-state index contributed by atoms with van der Waals surface area (Å²) in [6.07, 6.45) is 0. The molecule has 0 saturated heterocycles. The van der Waals surface area contributed by atoms with E-state index in [1.54, 1.807) is 0 Å². The second-order valence-corrected chi connectivity index (χ2v) is 13.1. The molecule has 0 aliphatic carbocycles. The molecule has 0 aliphatic heterocycles. The highest BCUT2D eigenvalue weighted by molar-refractivity contribution is 6.71. The lowest BCUT2D eigenvalue weighted by Crippen LogP contribution is -2.50. The van der Waals surface area contributed by atoms with Gasteiger partial charge in [-0.05, 0) is 78.8 Å². The maximum Gasteiger partial charge on any atom is 0.139 e. The first kappa shape index (κ1) is 28.1. The predicted molar refractivity (Wildman–Crippen MR) is 223 cm³/mol. The van der Waals surface area contributed by atoms with Gasteiger partial charge in [-0.2, -0.15) is 0 Å². The van der Waals surface area contributed by atoms with Crippen molar-refractivity contribution < 1.29 is 4.42 Å². The third kappa shape index (κ3) is 3.92. The van der Waals surface area contributed by atoms with E-state index in [1.165, 1.54) is 104 Å². The van der Waals surface area contributed by atoms with Crippen molar-refractivity contribution in [2.24, 2.45) is 0 Å². The van der Waals surface area contributed by atoms with E-state index in [0.717, 1.165) is 16.6 Å². The molecule has 8 aromatic rings. The van der Waals surface area contributed by atoms with Crippen molar-refractivity contribution in [3.8, 4) is 22.3 Å². The van der Waals surface area contributed by atoms with Crippen LogP contribution in [0.25, 0.3) is 76.5 Å². The minimum Gasteiger partial charge on any atom is -0.456 e. The molecule has 0 bridgehead atoms. The molecule has 0 radical (unpaired) electrons. The van der Waals surface area contributed by atoms with Gasteiger partial charge in [-0.15, -0.1) is 21.9 Å². The molecule has 1 aromatic heterocycles. The first-order chi connectivity index (χ1) is 21.7. The van der Waals surface area contributed by atoms with E-state index in [-0.39, 0.29) is 0 Å². The lowest BCUT2D eigenvalue weighted by Gasteiger charge is -2.28. The van der Waals surface area contributed by atoms with Crippen LogP contribution in [-0.2, 0) is 0 Å². The largest absolute Gasteiger partial charge is 0.456 e. The topological polar surface area (TPSA) is 13.1 Å². The molecule has 7 aromatic carbocycles. The van der Waals surface area contributed by atoms with Gasteiger partial charge in [-0.1, -0.05) is 82.5 Å². The normalized spacial score (nSPS) is 11.8. The van der Waals surface area contributed by atoms with Crippen LogP contribution in [0, 0.1) is 0 Å². The van der Waals surface area contributed by atoms with Crippen LogP contribution in [0.2, 0.25) is 0 Å². The van der Waals surface area contributed by atoms with Crippen molar-refractivity contribution in [2.45, 2.75) is 0 Å². The van der Waals surface area contributed by atoms with Crippen LogP contribution in [0.1, 0.15) is 0 Å². The highest BCUT2D eigenvalue weighted by Gasteiger charge is 2.25. The Morgan fingerprint density at radius 3 is 1.33 bits per heavy atom. The summed E-state index contributed by atoms with van der Waals surface area (Å²) in [7, 11) is 18.5. The molecule has 0 N–H and O–H groups in total. The van der Waals surface area contributed by atoms with Gasteiger partial charge in [0, 0.05) is 10.8 Å². The average Bonchev–Trinajstić information content (AvgIpc) is 3.42. The fourth-order valence-corrected chi connectivity index (χ4v) is 7.92. The molecule has 8 rings (SSSR count). The van der Waals surface area contributed by atoms with Crippen LogP contribution in [0.5, 0.6) is 0 Å².